The molecular formula is C24H26N2O4S. The fraction of sp³-hybridized carbons (Fsp3) is 0.208. The monoisotopic (exact) mass is 438 g/mol. The maximum Gasteiger partial charge on any atom is 0.251 e. The van der Waals surface area contributed by atoms with Crippen LogP contribution in [0.5, 0.6) is 5.75 Å². The number of amides is 1. The minimum absolute atomic E-state index is 0.224. The lowest BCUT2D eigenvalue weighted by molar-refractivity contribution is 0.0947. The van der Waals surface area contributed by atoms with Gasteiger partial charge in [0.05, 0.1) is 25.0 Å². The summed E-state index contributed by atoms with van der Waals surface area (Å²) in [4.78, 5) is 12.4. The molecule has 0 bridgehead atoms. The maximum atomic E-state index is 12.4. The van der Waals surface area contributed by atoms with Crippen molar-refractivity contribution < 1.29 is 17.9 Å². The zero-order chi connectivity index (χ0) is 22.3. The predicted octanol–water partition coefficient (Wildman–Crippen LogP) is 3.77. The highest BCUT2D eigenvalue weighted by Gasteiger charge is 2.18. The number of nitrogens with one attached hydrogen (secondary N) is 1. The molecule has 0 unspecified atom stereocenters. The Hall–Kier alpha value is -3.32. The number of aryl methyl sites for hydroxylation is 1. The van der Waals surface area contributed by atoms with Gasteiger partial charge in [-0.15, -0.1) is 0 Å². The third kappa shape index (κ3) is 6.58. The van der Waals surface area contributed by atoms with Crippen molar-refractivity contribution in [2.24, 2.45) is 0 Å². The third-order valence-corrected chi connectivity index (χ3v) is 5.80. The highest BCUT2D eigenvalue weighted by Crippen LogP contribution is 2.21. The molecule has 0 heterocycles. The summed E-state index contributed by atoms with van der Waals surface area (Å²) in [7, 11) is -3.48. The Morgan fingerprint density at radius 3 is 2.19 bits per heavy atom. The summed E-state index contributed by atoms with van der Waals surface area (Å²) in [6.07, 6.45) is 1.17. The van der Waals surface area contributed by atoms with E-state index in [2.05, 4.69) is 5.32 Å². The van der Waals surface area contributed by atoms with Crippen LogP contribution in [0.3, 0.4) is 0 Å². The Morgan fingerprint density at radius 1 is 0.935 bits per heavy atom. The summed E-state index contributed by atoms with van der Waals surface area (Å²) in [5, 5.41) is 2.80. The van der Waals surface area contributed by atoms with Crippen LogP contribution in [0, 0.1) is 6.92 Å². The number of carbonyl (C=O) groups excluding carboxylic acids is 1. The van der Waals surface area contributed by atoms with E-state index >= 15 is 0 Å². The maximum absolute atomic E-state index is 12.4. The first-order valence-electron chi connectivity index (χ1n) is 9.92. The van der Waals surface area contributed by atoms with Gasteiger partial charge in [-0.2, -0.15) is 0 Å². The SMILES string of the molecule is Cc1ccc(OCCNC(=O)c2ccc(N(Cc3ccccc3)S(C)(=O)=O)cc2)cc1. The lowest BCUT2D eigenvalue weighted by atomic mass is 10.2. The molecule has 31 heavy (non-hydrogen) atoms. The van der Waals surface area contributed by atoms with Crippen LogP contribution in [-0.2, 0) is 16.6 Å². The highest BCUT2D eigenvalue weighted by atomic mass is 32.2. The lowest BCUT2D eigenvalue weighted by Gasteiger charge is -2.22. The first-order chi connectivity index (χ1) is 14.8. The molecule has 6 nitrogen and oxygen atoms in total. The van der Waals surface area contributed by atoms with Gasteiger partial charge in [0.15, 0.2) is 0 Å². The number of sulfonamides is 1. The second-order valence-corrected chi connectivity index (χ2v) is 9.13. The molecule has 0 saturated carbocycles. The fourth-order valence-corrected chi connectivity index (χ4v) is 3.89. The Balaban J connectivity index is 1.58. The average molecular weight is 439 g/mol. The Morgan fingerprint density at radius 2 is 1.58 bits per heavy atom. The summed E-state index contributed by atoms with van der Waals surface area (Å²) in [5.41, 5.74) is 2.99. The molecule has 0 aliphatic rings. The number of benzene rings is 3. The number of hydrogen-bond donors (Lipinski definition) is 1. The van der Waals surface area contributed by atoms with E-state index in [1.165, 1.54) is 10.6 Å². The van der Waals surface area contributed by atoms with Gasteiger partial charge in [-0.25, -0.2) is 8.42 Å². The van der Waals surface area contributed by atoms with Gasteiger partial charge < -0.3 is 10.1 Å². The zero-order valence-corrected chi connectivity index (χ0v) is 18.4. The number of nitrogens with zero attached hydrogens (tertiary/aromatic N) is 1. The second-order valence-electron chi connectivity index (χ2n) is 7.22. The standard InChI is InChI=1S/C24H26N2O4S/c1-19-8-14-23(15-9-19)30-17-16-25-24(27)21-10-12-22(13-11-21)26(31(2,28)29)18-20-6-4-3-5-7-20/h3-15H,16-18H2,1-2H3,(H,25,27). The molecule has 3 aromatic rings. The number of hydrogen-bond acceptors (Lipinski definition) is 4. The van der Waals surface area contributed by atoms with Crippen LogP contribution in [0.15, 0.2) is 78.9 Å². The van der Waals surface area contributed by atoms with E-state index in [-0.39, 0.29) is 12.5 Å². The smallest absolute Gasteiger partial charge is 0.251 e. The number of rotatable bonds is 9. The molecular weight excluding hydrogens is 412 g/mol. The van der Waals surface area contributed by atoms with Crippen LogP contribution in [-0.4, -0.2) is 33.7 Å². The highest BCUT2D eigenvalue weighted by molar-refractivity contribution is 7.92. The van der Waals surface area contributed by atoms with E-state index in [0.29, 0.717) is 24.4 Å². The number of anilines is 1. The molecule has 3 aromatic carbocycles. The summed E-state index contributed by atoms with van der Waals surface area (Å²) in [6, 6.07) is 23.6. The molecule has 0 atom stereocenters. The van der Waals surface area contributed by atoms with Crippen LogP contribution in [0.25, 0.3) is 0 Å². The zero-order valence-electron chi connectivity index (χ0n) is 17.6. The Labute approximate surface area is 183 Å². The number of carbonyl (C=O) groups is 1. The molecule has 1 amide bonds. The van der Waals surface area contributed by atoms with Crippen molar-refractivity contribution in [3.8, 4) is 5.75 Å². The number of ether oxygens (including phenoxy) is 1. The van der Waals surface area contributed by atoms with Crippen LogP contribution in [0.2, 0.25) is 0 Å². The van der Waals surface area contributed by atoms with Gasteiger partial charge >= 0.3 is 0 Å². The summed E-state index contributed by atoms with van der Waals surface area (Å²) < 4.78 is 31.5. The topological polar surface area (TPSA) is 75.7 Å². The third-order valence-electron chi connectivity index (χ3n) is 4.66. The molecule has 0 fully saturated rings. The molecule has 162 valence electrons. The fourth-order valence-electron chi connectivity index (χ4n) is 3.00. The van der Waals surface area contributed by atoms with Crippen LogP contribution >= 0.6 is 0 Å². The van der Waals surface area contributed by atoms with Crippen molar-refractivity contribution in [2.75, 3.05) is 23.7 Å². The average Bonchev–Trinajstić information content (AvgIpc) is 2.76. The van der Waals surface area contributed by atoms with E-state index in [0.717, 1.165) is 16.9 Å². The summed E-state index contributed by atoms with van der Waals surface area (Å²) in [6.45, 7) is 2.94. The van der Waals surface area contributed by atoms with Crippen molar-refractivity contribution >= 4 is 21.6 Å². The van der Waals surface area contributed by atoms with Crippen LogP contribution < -0.4 is 14.4 Å². The lowest BCUT2D eigenvalue weighted by Crippen LogP contribution is -2.30. The molecule has 0 aromatic heterocycles. The van der Waals surface area contributed by atoms with Crippen molar-refractivity contribution in [3.05, 3.63) is 95.6 Å². The van der Waals surface area contributed by atoms with Crippen molar-refractivity contribution in [1.29, 1.82) is 0 Å². The minimum atomic E-state index is -3.48. The Kier molecular flexibility index (Phi) is 7.31. The van der Waals surface area contributed by atoms with E-state index in [4.69, 9.17) is 4.74 Å². The van der Waals surface area contributed by atoms with Crippen molar-refractivity contribution in [2.45, 2.75) is 13.5 Å². The second kappa shape index (κ2) is 10.1. The van der Waals surface area contributed by atoms with Gasteiger partial charge in [0.1, 0.15) is 12.4 Å². The van der Waals surface area contributed by atoms with Gasteiger partial charge in [0.25, 0.3) is 5.91 Å². The van der Waals surface area contributed by atoms with E-state index < -0.39 is 10.0 Å². The predicted molar refractivity (Wildman–Crippen MR) is 123 cm³/mol. The van der Waals surface area contributed by atoms with E-state index in [1.54, 1.807) is 24.3 Å². The molecule has 0 aliphatic carbocycles. The molecule has 3 rings (SSSR count). The van der Waals surface area contributed by atoms with Crippen LogP contribution in [0.4, 0.5) is 5.69 Å². The van der Waals surface area contributed by atoms with Crippen molar-refractivity contribution in [1.82, 2.24) is 5.32 Å². The summed E-state index contributed by atoms with van der Waals surface area (Å²) >= 11 is 0. The minimum Gasteiger partial charge on any atom is -0.492 e. The van der Waals surface area contributed by atoms with Gasteiger partial charge in [-0.3, -0.25) is 9.10 Å². The van der Waals surface area contributed by atoms with Gasteiger partial charge in [-0.05, 0) is 48.9 Å². The van der Waals surface area contributed by atoms with Gasteiger partial charge in [-0.1, -0.05) is 48.0 Å². The van der Waals surface area contributed by atoms with Gasteiger partial charge in [0.2, 0.25) is 10.0 Å². The normalized spacial score (nSPS) is 11.0. The molecule has 7 heteroatoms. The quantitative estimate of drug-likeness (QED) is 0.516. The Bertz CT molecular complexity index is 1100. The van der Waals surface area contributed by atoms with Crippen LogP contribution in [0.1, 0.15) is 21.5 Å². The molecule has 0 aliphatic heterocycles. The molecule has 1 N–H and O–H groups in total. The summed E-state index contributed by atoms with van der Waals surface area (Å²) in [5.74, 6) is 0.511. The van der Waals surface area contributed by atoms with E-state index in [1.807, 2.05) is 61.5 Å². The van der Waals surface area contributed by atoms with E-state index in [9.17, 15) is 13.2 Å². The molecule has 0 saturated heterocycles. The molecule has 0 spiro atoms. The largest absolute Gasteiger partial charge is 0.492 e. The van der Waals surface area contributed by atoms with Gasteiger partial charge in [0, 0.05) is 5.56 Å². The first kappa shape index (κ1) is 22.4. The first-order valence-corrected chi connectivity index (χ1v) is 11.8. The molecule has 0 radical (unpaired) electrons. The van der Waals surface area contributed by atoms with Crippen molar-refractivity contribution in [3.63, 3.8) is 0 Å².